The monoisotopic (exact) mass is 265 g/mol. The van der Waals surface area contributed by atoms with Crippen molar-refractivity contribution in [2.45, 2.75) is 0 Å². The number of rotatable bonds is 1. The van der Waals surface area contributed by atoms with Crippen LogP contribution in [0.3, 0.4) is 0 Å². The largest absolute Gasteiger partial charge is 0.503 e. The molecule has 0 radical (unpaired) electrons. The Morgan fingerprint density at radius 1 is 1.53 bits per heavy atom. The predicted molar refractivity (Wildman–Crippen MR) is 60.0 cm³/mol. The fourth-order valence-electron chi connectivity index (χ4n) is 1.05. The van der Waals surface area contributed by atoms with Crippen molar-refractivity contribution in [3.05, 3.63) is 23.3 Å². The van der Waals surface area contributed by atoms with Gasteiger partial charge in [-0.3, -0.25) is 0 Å². The smallest absolute Gasteiger partial charge is 0.173 e. The van der Waals surface area contributed by atoms with Gasteiger partial charge in [0.05, 0.1) is 29.6 Å². The van der Waals surface area contributed by atoms with E-state index in [2.05, 4.69) is 27.8 Å². The van der Waals surface area contributed by atoms with Crippen LogP contribution in [0.15, 0.2) is 12.1 Å². The summed E-state index contributed by atoms with van der Waals surface area (Å²) in [5.41, 5.74) is 0.800. The number of hydrogen-bond acceptors (Lipinski definition) is 3. The van der Waals surface area contributed by atoms with E-state index in [9.17, 15) is 5.11 Å². The van der Waals surface area contributed by atoms with Gasteiger partial charge in [0.25, 0.3) is 0 Å². The Morgan fingerprint density at radius 3 is 2.80 bits per heavy atom. The van der Waals surface area contributed by atoms with Crippen molar-refractivity contribution < 1.29 is 9.84 Å². The number of hydrogen-bond donors (Lipinski definition) is 1. The van der Waals surface area contributed by atoms with Gasteiger partial charge >= 0.3 is 0 Å². The third kappa shape index (κ3) is 2.65. The van der Waals surface area contributed by atoms with Crippen LogP contribution >= 0.6 is 15.9 Å². The Hall–Kier alpha value is -1.65. The second-order valence-corrected chi connectivity index (χ2v) is 3.18. The Morgan fingerprint density at radius 2 is 2.27 bits per heavy atom. The topological polar surface area (TPSA) is 53.2 Å². The van der Waals surface area contributed by atoms with Crippen LogP contribution in [-0.2, 0) is 0 Å². The van der Waals surface area contributed by atoms with E-state index in [1.165, 1.54) is 19.2 Å². The summed E-state index contributed by atoms with van der Waals surface area (Å²) in [6, 6.07) is 4.96. The van der Waals surface area contributed by atoms with Gasteiger partial charge in [0.1, 0.15) is 0 Å². The summed E-state index contributed by atoms with van der Waals surface area (Å²) in [6.07, 6.45) is 0. The molecule has 1 rings (SSSR count). The Labute approximate surface area is 96.4 Å². The zero-order valence-corrected chi connectivity index (χ0v) is 9.63. The molecule has 0 aliphatic carbocycles. The molecule has 0 saturated carbocycles. The highest BCUT2D eigenvalue weighted by Crippen LogP contribution is 2.30. The van der Waals surface area contributed by atoms with E-state index in [4.69, 9.17) is 10.00 Å². The molecule has 0 spiro atoms. The molecule has 0 aliphatic heterocycles. The molecule has 0 fully saturated rings. The van der Waals surface area contributed by atoms with Crippen molar-refractivity contribution in [3.8, 4) is 29.4 Å². The molecule has 15 heavy (non-hydrogen) atoms. The molecule has 3 nitrogen and oxygen atoms in total. The van der Waals surface area contributed by atoms with Crippen molar-refractivity contribution >= 4 is 15.9 Å². The lowest BCUT2D eigenvalue weighted by Crippen LogP contribution is -1.88. The molecule has 0 unspecified atom stereocenters. The molecule has 1 aromatic rings. The number of ether oxygens (including phenoxy) is 1. The first-order valence-corrected chi connectivity index (χ1v) is 5.21. The number of nitrogens with zero attached hydrogens (tertiary/aromatic N) is 1. The van der Waals surface area contributed by atoms with E-state index < -0.39 is 0 Å². The minimum Gasteiger partial charge on any atom is -0.503 e. The first-order chi connectivity index (χ1) is 7.22. The number of nitriles is 1. The molecule has 0 atom stereocenters. The maximum Gasteiger partial charge on any atom is 0.173 e. The summed E-state index contributed by atoms with van der Waals surface area (Å²) < 4.78 is 4.93. The minimum absolute atomic E-state index is 0.0371. The van der Waals surface area contributed by atoms with Crippen LogP contribution in [0.25, 0.3) is 0 Å². The quantitative estimate of drug-likeness (QED) is 0.625. The van der Waals surface area contributed by atoms with Crippen LogP contribution in [0, 0.1) is 23.2 Å². The molecule has 1 N–H and O–H groups in total. The van der Waals surface area contributed by atoms with Crippen LogP contribution in [0.5, 0.6) is 11.5 Å². The molecular weight excluding hydrogens is 258 g/mol. The number of phenols is 1. The van der Waals surface area contributed by atoms with E-state index in [1.807, 2.05) is 6.07 Å². The molecule has 0 heterocycles. The van der Waals surface area contributed by atoms with Gasteiger partial charge in [-0.15, -0.1) is 0 Å². The van der Waals surface area contributed by atoms with Crippen molar-refractivity contribution in [2.75, 3.05) is 12.4 Å². The summed E-state index contributed by atoms with van der Waals surface area (Å²) in [5, 5.41) is 18.9. The molecule has 1 aromatic carbocycles. The lowest BCUT2D eigenvalue weighted by atomic mass is 10.1. The molecule has 76 valence electrons. The van der Waals surface area contributed by atoms with Gasteiger partial charge in [0.15, 0.2) is 11.5 Å². The number of phenolic OH excluding ortho intramolecular Hbond substituents is 1. The first kappa shape index (κ1) is 11.4. The predicted octanol–water partition coefficient (Wildman–Crippen LogP) is 2.02. The fourth-order valence-corrected chi connectivity index (χ4v) is 1.19. The highest BCUT2D eigenvalue weighted by Gasteiger charge is 2.08. The van der Waals surface area contributed by atoms with E-state index in [-0.39, 0.29) is 11.5 Å². The fraction of sp³-hybridized carbons (Fsp3) is 0.182. The van der Waals surface area contributed by atoms with Gasteiger partial charge in [0.2, 0.25) is 0 Å². The van der Waals surface area contributed by atoms with Gasteiger partial charge in [-0.25, -0.2) is 0 Å². The summed E-state index contributed by atoms with van der Waals surface area (Å²) in [4.78, 5) is 0. The number of halogens is 1. The van der Waals surface area contributed by atoms with Gasteiger partial charge in [-0.1, -0.05) is 27.8 Å². The lowest BCUT2D eigenvalue weighted by molar-refractivity contribution is 0.372. The van der Waals surface area contributed by atoms with Crippen LogP contribution in [0.2, 0.25) is 0 Å². The Bertz CT molecular complexity index is 466. The van der Waals surface area contributed by atoms with Gasteiger partial charge in [-0.2, -0.15) is 5.26 Å². The highest BCUT2D eigenvalue weighted by molar-refractivity contribution is 9.09. The summed E-state index contributed by atoms with van der Waals surface area (Å²) in [6.45, 7) is 0. The van der Waals surface area contributed by atoms with Crippen molar-refractivity contribution in [1.29, 1.82) is 5.26 Å². The van der Waals surface area contributed by atoms with Crippen LogP contribution in [0.4, 0.5) is 0 Å². The molecule has 0 amide bonds. The van der Waals surface area contributed by atoms with Gasteiger partial charge in [-0.05, 0) is 6.07 Å². The third-order valence-electron chi connectivity index (χ3n) is 1.71. The van der Waals surface area contributed by atoms with Crippen LogP contribution in [0.1, 0.15) is 11.1 Å². The maximum atomic E-state index is 9.68. The van der Waals surface area contributed by atoms with Crippen molar-refractivity contribution in [2.24, 2.45) is 0 Å². The van der Waals surface area contributed by atoms with E-state index in [1.54, 1.807) is 0 Å². The molecule has 0 saturated heterocycles. The second-order valence-electron chi connectivity index (χ2n) is 2.62. The lowest BCUT2D eigenvalue weighted by Gasteiger charge is -2.05. The molecule has 4 heteroatoms. The Balaban J connectivity index is 3.32. The average Bonchev–Trinajstić information content (AvgIpc) is 2.27. The normalized spacial score (nSPS) is 8.60. The molecule has 0 aliphatic rings. The summed E-state index contributed by atoms with van der Waals surface area (Å²) >= 11 is 3.15. The van der Waals surface area contributed by atoms with Crippen LogP contribution < -0.4 is 4.74 Å². The SMILES string of the molecule is COc1cc(C#N)cc(C#CCBr)c1O. The standard InChI is InChI=1S/C11H8BrNO2/c1-15-10-6-8(7-13)5-9(11(10)14)3-2-4-12/h5-6,14H,4H2,1H3. The highest BCUT2D eigenvalue weighted by atomic mass is 79.9. The first-order valence-electron chi connectivity index (χ1n) is 4.09. The van der Waals surface area contributed by atoms with E-state index >= 15 is 0 Å². The average molecular weight is 266 g/mol. The molecule has 0 bridgehead atoms. The number of aromatic hydroxyl groups is 1. The van der Waals surface area contributed by atoms with Gasteiger partial charge in [0, 0.05) is 6.07 Å². The minimum atomic E-state index is -0.0371. The van der Waals surface area contributed by atoms with E-state index in [0.29, 0.717) is 16.5 Å². The Kier molecular flexibility index (Phi) is 4.03. The zero-order valence-electron chi connectivity index (χ0n) is 8.04. The zero-order chi connectivity index (χ0) is 11.3. The van der Waals surface area contributed by atoms with Crippen LogP contribution in [-0.4, -0.2) is 17.5 Å². The molecule has 0 aromatic heterocycles. The number of benzene rings is 1. The third-order valence-corrected chi connectivity index (χ3v) is 1.99. The van der Waals surface area contributed by atoms with E-state index in [0.717, 1.165) is 0 Å². The summed E-state index contributed by atoms with van der Waals surface area (Å²) in [5.74, 6) is 5.70. The van der Waals surface area contributed by atoms with Gasteiger partial charge < -0.3 is 9.84 Å². The molecular formula is C11H8BrNO2. The number of methoxy groups -OCH3 is 1. The van der Waals surface area contributed by atoms with Crippen molar-refractivity contribution in [3.63, 3.8) is 0 Å². The van der Waals surface area contributed by atoms with Crippen molar-refractivity contribution in [1.82, 2.24) is 0 Å². The summed E-state index contributed by atoms with van der Waals surface area (Å²) in [7, 11) is 1.43. The number of alkyl halides is 1. The maximum absolute atomic E-state index is 9.68. The second kappa shape index (κ2) is 5.29.